The summed E-state index contributed by atoms with van der Waals surface area (Å²) in [7, 11) is 2.15. The lowest BCUT2D eigenvalue weighted by Crippen LogP contribution is -2.47. The van der Waals surface area contributed by atoms with Gasteiger partial charge >= 0.3 is 0 Å². The number of hydrogen-bond donors (Lipinski definition) is 2. The lowest BCUT2D eigenvalue weighted by Gasteiger charge is -2.32. The van der Waals surface area contributed by atoms with Crippen molar-refractivity contribution in [3.05, 3.63) is 35.4 Å². The van der Waals surface area contributed by atoms with E-state index in [4.69, 9.17) is 5.73 Å². The highest BCUT2D eigenvalue weighted by molar-refractivity contribution is 5.78. The van der Waals surface area contributed by atoms with Gasteiger partial charge in [-0.15, -0.1) is 0 Å². The average molecular weight is 290 g/mol. The molecule has 0 spiro atoms. The Bertz CT molecular complexity index is 455. The van der Waals surface area contributed by atoms with Gasteiger partial charge in [0.05, 0.1) is 6.42 Å². The van der Waals surface area contributed by atoms with E-state index >= 15 is 0 Å². The topological polar surface area (TPSA) is 61.6 Å². The van der Waals surface area contributed by atoms with Gasteiger partial charge in [0.25, 0.3) is 0 Å². The molecular weight excluding hydrogens is 264 g/mol. The molecule has 21 heavy (non-hydrogen) atoms. The largest absolute Gasteiger partial charge is 0.355 e. The SMILES string of the molecule is CN1CCN(CCNC(=O)Cc2ccccc2CN)CC1. The molecule has 0 radical (unpaired) electrons. The molecule has 3 N–H and O–H groups in total. The van der Waals surface area contributed by atoms with Crippen LogP contribution in [0.4, 0.5) is 0 Å². The predicted octanol–water partition coefficient (Wildman–Crippen LogP) is 0.0514. The van der Waals surface area contributed by atoms with Crippen LogP contribution in [0.3, 0.4) is 0 Å². The van der Waals surface area contributed by atoms with E-state index in [9.17, 15) is 4.79 Å². The van der Waals surface area contributed by atoms with Crippen LogP contribution in [0.2, 0.25) is 0 Å². The maximum absolute atomic E-state index is 12.0. The minimum Gasteiger partial charge on any atom is -0.355 e. The van der Waals surface area contributed by atoms with Crippen LogP contribution in [0.5, 0.6) is 0 Å². The van der Waals surface area contributed by atoms with E-state index in [0.29, 0.717) is 19.5 Å². The molecule has 1 amide bonds. The molecule has 1 saturated heterocycles. The van der Waals surface area contributed by atoms with E-state index in [2.05, 4.69) is 22.2 Å². The molecule has 0 atom stereocenters. The third-order valence-electron chi connectivity index (χ3n) is 4.04. The number of rotatable bonds is 6. The summed E-state index contributed by atoms with van der Waals surface area (Å²) in [5.74, 6) is 0.0741. The Balaban J connectivity index is 1.70. The molecule has 0 saturated carbocycles. The number of nitrogens with one attached hydrogen (secondary N) is 1. The third-order valence-corrected chi connectivity index (χ3v) is 4.04. The van der Waals surface area contributed by atoms with Gasteiger partial charge in [0.15, 0.2) is 0 Å². The van der Waals surface area contributed by atoms with Crippen LogP contribution >= 0.6 is 0 Å². The lowest BCUT2D eigenvalue weighted by molar-refractivity contribution is -0.120. The van der Waals surface area contributed by atoms with Crippen LogP contribution in [0.1, 0.15) is 11.1 Å². The van der Waals surface area contributed by atoms with Gasteiger partial charge in [0, 0.05) is 45.8 Å². The summed E-state index contributed by atoms with van der Waals surface area (Å²) in [4.78, 5) is 16.7. The molecule has 1 fully saturated rings. The fraction of sp³-hybridized carbons (Fsp3) is 0.562. The zero-order valence-electron chi connectivity index (χ0n) is 12.8. The number of piperazine rings is 1. The second-order valence-corrected chi connectivity index (χ2v) is 5.64. The molecule has 1 aliphatic rings. The van der Waals surface area contributed by atoms with Gasteiger partial charge in [0.1, 0.15) is 0 Å². The molecular formula is C16H26N4O. The first-order valence-corrected chi connectivity index (χ1v) is 7.63. The van der Waals surface area contributed by atoms with Gasteiger partial charge in [-0.05, 0) is 18.2 Å². The standard InChI is InChI=1S/C16H26N4O/c1-19-8-10-20(11-9-19)7-6-18-16(21)12-14-4-2-3-5-15(14)13-17/h2-5H,6-13,17H2,1H3,(H,18,21). The highest BCUT2D eigenvalue weighted by Gasteiger charge is 2.13. The van der Waals surface area contributed by atoms with E-state index in [-0.39, 0.29) is 5.91 Å². The molecule has 5 nitrogen and oxygen atoms in total. The first kappa shape index (κ1) is 15.9. The number of likely N-dealkylation sites (N-methyl/N-ethyl adjacent to an activating group) is 1. The van der Waals surface area contributed by atoms with E-state index in [1.165, 1.54) is 0 Å². The first-order valence-electron chi connectivity index (χ1n) is 7.63. The average Bonchev–Trinajstić information content (AvgIpc) is 2.50. The second kappa shape index (κ2) is 8.12. The van der Waals surface area contributed by atoms with E-state index < -0.39 is 0 Å². The van der Waals surface area contributed by atoms with Crippen LogP contribution < -0.4 is 11.1 Å². The summed E-state index contributed by atoms with van der Waals surface area (Å²) in [6.07, 6.45) is 0.413. The molecule has 0 aliphatic carbocycles. The highest BCUT2D eigenvalue weighted by Crippen LogP contribution is 2.08. The highest BCUT2D eigenvalue weighted by atomic mass is 16.1. The van der Waals surface area contributed by atoms with Gasteiger partial charge < -0.3 is 16.0 Å². The monoisotopic (exact) mass is 290 g/mol. The Morgan fingerprint density at radius 2 is 1.86 bits per heavy atom. The minimum atomic E-state index is 0.0741. The van der Waals surface area contributed by atoms with Crippen molar-refractivity contribution >= 4 is 5.91 Å². The Labute approximate surface area is 127 Å². The number of hydrogen-bond acceptors (Lipinski definition) is 4. The summed E-state index contributed by atoms with van der Waals surface area (Å²) in [6, 6.07) is 7.86. The maximum Gasteiger partial charge on any atom is 0.224 e. The van der Waals surface area contributed by atoms with Crippen LogP contribution in [0, 0.1) is 0 Å². The van der Waals surface area contributed by atoms with Gasteiger partial charge in [-0.2, -0.15) is 0 Å². The number of nitrogens with two attached hydrogens (primary N) is 1. The first-order chi connectivity index (χ1) is 10.2. The minimum absolute atomic E-state index is 0.0741. The van der Waals surface area contributed by atoms with Crippen molar-refractivity contribution in [3.63, 3.8) is 0 Å². The van der Waals surface area contributed by atoms with Crippen molar-refractivity contribution in [1.82, 2.24) is 15.1 Å². The number of nitrogens with zero attached hydrogens (tertiary/aromatic N) is 2. The van der Waals surface area contributed by atoms with E-state index in [1.54, 1.807) is 0 Å². The second-order valence-electron chi connectivity index (χ2n) is 5.64. The van der Waals surface area contributed by atoms with Crippen molar-refractivity contribution in [3.8, 4) is 0 Å². The normalized spacial score (nSPS) is 16.9. The quantitative estimate of drug-likeness (QED) is 0.777. The molecule has 5 heteroatoms. The lowest BCUT2D eigenvalue weighted by atomic mass is 10.0. The van der Waals surface area contributed by atoms with Crippen molar-refractivity contribution in [1.29, 1.82) is 0 Å². The Hall–Kier alpha value is -1.43. The number of amides is 1. The molecule has 2 rings (SSSR count). The Morgan fingerprint density at radius 1 is 1.19 bits per heavy atom. The number of carbonyl (C=O) groups excluding carboxylic acids is 1. The fourth-order valence-corrected chi connectivity index (χ4v) is 2.59. The number of benzene rings is 1. The number of carbonyl (C=O) groups is 1. The van der Waals surface area contributed by atoms with Crippen molar-refractivity contribution in [2.75, 3.05) is 46.3 Å². The third kappa shape index (κ3) is 5.12. The molecule has 1 heterocycles. The van der Waals surface area contributed by atoms with Crippen LogP contribution in [0.15, 0.2) is 24.3 Å². The molecule has 0 aromatic heterocycles. The summed E-state index contributed by atoms with van der Waals surface area (Å²) in [5, 5.41) is 3.01. The molecule has 1 aromatic rings. The van der Waals surface area contributed by atoms with E-state index in [1.807, 2.05) is 24.3 Å². The van der Waals surface area contributed by atoms with Crippen LogP contribution in [-0.4, -0.2) is 62.0 Å². The van der Waals surface area contributed by atoms with Gasteiger partial charge in [-0.3, -0.25) is 9.69 Å². The smallest absolute Gasteiger partial charge is 0.224 e. The predicted molar refractivity (Wildman–Crippen MR) is 85.0 cm³/mol. The maximum atomic E-state index is 12.0. The molecule has 0 bridgehead atoms. The summed E-state index contributed by atoms with van der Waals surface area (Å²) >= 11 is 0. The van der Waals surface area contributed by atoms with E-state index in [0.717, 1.165) is 43.9 Å². The van der Waals surface area contributed by atoms with Gasteiger partial charge in [-0.25, -0.2) is 0 Å². The van der Waals surface area contributed by atoms with Crippen molar-refractivity contribution in [2.24, 2.45) is 5.73 Å². The zero-order valence-corrected chi connectivity index (χ0v) is 12.8. The fourth-order valence-electron chi connectivity index (χ4n) is 2.59. The van der Waals surface area contributed by atoms with Crippen molar-refractivity contribution < 1.29 is 4.79 Å². The molecule has 0 unspecified atom stereocenters. The molecule has 116 valence electrons. The summed E-state index contributed by atoms with van der Waals surface area (Å²) < 4.78 is 0. The zero-order chi connectivity index (χ0) is 15.1. The van der Waals surface area contributed by atoms with Gasteiger partial charge in [-0.1, -0.05) is 24.3 Å². The summed E-state index contributed by atoms with van der Waals surface area (Å²) in [5.41, 5.74) is 7.77. The van der Waals surface area contributed by atoms with Gasteiger partial charge in [0.2, 0.25) is 5.91 Å². The summed E-state index contributed by atoms with van der Waals surface area (Å²) in [6.45, 7) is 6.51. The molecule has 1 aliphatic heterocycles. The van der Waals surface area contributed by atoms with Crippen LogP contribution in [-0.2, 0) is 17.8 Å². The Morgan fingerprint density at radius 3 is 2.52 bits per heavy atom. The van der Waals surface area contributed by atoms with Crippen molar-refractivity contribution in [2.45, 2.75) is 13.0 Å². The Kier molecular flexibility index (Phi) is 6.17. The van der Waals surface area contributed by atoms with Crippen LogP contribution in [0.25, 0.3) is 0 Å². The molecule has 1 aromatic carbocycles.